The van der Waals surface area contributed by atoms with Gasteiger partial charge in [-0.2, -0.15) is 13.2 Å². The minimum atomic E-state index is -4.48. The summed E-state index contributed by atoms with van der Waals surface area (Å²) in [7, 11) is 0. The van der Waals surface area contributed by atoms with Crippen molar-refractivity contribution >= 4 is 27.3 Å². The Kier molecular flexibility index (Phi) is 4.33. The molecule has 2 rings (SSSR count). The molecule has 0 aliphatic heterocycles. The van der Waals surface area contributed by atoms with E-state index in [4.69, 9.17) is 4.74 Å². The molecule has 0 fully saturated rings. The summed E-state index contributed by atoms with van der Waals surface area (Å²) >= 11 is 4.30. The molecule has 8 heteroatoms. The third kappa shape index (κ3) is 3.49. The normalized spacial score (nSPS) is 11.9. The Morgan fingerprint density at radius 1 is 1.25 bits per heavy atom. The number of alkyl halides is 3. The largest absolute Gasteiger partial charge is 0.490 e. The van der Waals surface area contributed by atoms with Gasteiger partial charge in [0.05, 0.1) is 11.7 Å². The molecule has 20 heavy (non-hydrogen) atoms. The van der Waals surface area contributed by atoms with Gasteiger partial charge in [-0.1, -0.05) is 11.3 Å². The number of benzene rings is 1. The Balaban J connectivity index is 2.48. The lowest BCUT2D eigenvalue weighted by Crippen LogP contribution is -2.13. The van der Waals surface area contributed by atoms with E-state index < -0.39 is 11.7 Å². The molecule has 1 heterocycles. The van der Waals surface area contributed by atoms with Gasteiger partial charge in [0, 0.05) is 5.56 Å². The van der Waals surface area contributed by atoms with Gasteiger partial charge in [0.25, 0.3) is 0 Å². The maximum Gasteiger partial charge on any atom is 0.419 e. The second kappa shape index (κ2) is 5.69. The smallest absolute Gasteiger partial charge is 0.419 e. The highest BCUT2D eigenvalue weighted by molar-refractivity contribution is 9.11. The van der Waals surface area contributed by atoms with Crippen LogP contribution in [-0.2, 0) is 6.18 Å². The highest BCUT2D eigenvalue weighted by Gasteiger charge is 2.35. The summed E-state index contributed by atoms with van der Waals surface area (Å²) in [5, 5.41) is 7.96. The lowest BCUT2D eigenvalue weighted by molar-refractivity contribution is -0.139. The van der Waals surface area contributed by atoms with Gasteiger partial charge >= 0.3 is 6.18 Å². The van der Waals surface area contributed by atoms with Gasteiger partial charge in [0.15, 0.2) is 3.92 Å². The number of nitrogens with zero attached hydrogens (tertiary/aromatic N) is 2. The van der Waals surface area contributed by atoms with Gasteiger partial charge in [0.2, 0.25) is 0 Å². The van der Waals surface area contributed by atoms with Crippen molar-refractivity contribution < 1.29 is 17.9 Å². The van der Waals surface area contributed by atoms with E-state index in [9.17, 15) is 13.2 Å². The average Bonchev–Trinajstić information content (AvgIpc) is 2.74. The highest BCUT2D eigenvalue weighted by atomic mass is 79.9. The van der Waals surface area contributed by atoms with Gasteiger partial charge in [0.1, 0.15) is 10.8 Å². The SMILES string of the molecule is CC(C)Oc1ccc(-c2nnc(Br)s2)cc1C(F)(F)F. The van der Waals surface area contributed by atoms with Crippen LogP contribution in [0.15, 0.2) is 22.1 Å². The van der Waals surface area contributed by atoms with Crippen molar-refractivity contribution in [3.05, 3.63) is 27.7 Å². The molecule has 0 amide bonds. The summed E-state index contributed by atoms with van der Waals surface area (Å²) in [5.41, 5.74) is -0.452. The second-order valence-corrected chi connectivity index (χ2v) is 6.49. The Morgan fingerprint density at radius 2 is 1.95 bits per heavy atom. The van der Waals surface area contributed by atoms with Crippen LogP contribution < -0.4 is 4.74 Å². The van der Waals surface area contributed by atoms with Gasteiger partial charge in [-0.25, -0.2) is 0 Å². The summed E-state index contributed by atoms with van der Waals surface area (Å²) in [4.78, 5) is 0. The topological polar surface area (TPSA) is 35.0 Å². The molecular weight excluding hydrogens is 357 g/mol. The first-order valence-electron chi connectivity index (χ1n) is 5.64. The number of rotatable bonds is 3. The minimum Gasteiger partial charge on any atom is -0.490 e. The van der Waals surface area contributed by atoms with Crippen LogP contribution in [0.3, 0.4) is 0 Å². The third-order valence-corrected chi connectivity index (χ3v) is 3.70. The number of aromatic nitrogens is 2. The van der Waals surface area contributed by atoms with Gasteiger partial charge < -0.3 is 4.74 Å². The Labute approximate surface area is 125 Å². The van der Waals surface area contributed by atoms with Crippen LogP contribution in [0.5, 0.6) is 5.75 Å². The number of hydrogen-bond donors (Lipinski definition) is 0. The maximum atomic E-state index is 13.1. The lowest BCUT2D eigenvalue weighted by atomic mass is 10.1. The molecule has 0 atom stereocenters. The van der Waals surface area contributed by atoms with Gasteiger partial charge in [-0.05, 0) is 48.0 Å². The van der Waals surface area contributed by atoms with E-state index in [-0.39, 0.29) is 11.9 Å². The molecule has 2 aromatic rings. The van der Waals surface area contributed by atoms with E-state index in [0.29, 0.717) is 14.5 Å². The first kappa shape index (κ1) is 15.2. The van der Waals surface area contributed by atoms with Crippen LogP contribution in [0, 0.1) is 0 Å². The van der Waals surface area contributed by atoms with Crippen LogP contribution in [0.25, 0.3) is 10.6 Å². The van der Waals surface area contributed by atoms with Crippen LogP contribution in [-0.4, -0.2) is 16.3 Å². The molecule has 0 unspecified atom stereocenters. The molecule has 0 aliphatic carbocycles. The molecule has 0 saturated carbocycles. The number of ether oxygens (including phenoxy) is 1. The van der Waals surface area contributed by atoms with E-state index in [0.717, 1.165) is 6.07 Å². The highest BCUT2D eigenvalue weighted by Crippen LogP contribution is 2.39. The first-order chi connectivity index (χ1) is 9.27. The molecule has 3 nitrogen and oxygen atoms in total. The van der Waals surface area contributed by atoms with E-state index in [1.54, 1.807) is 19.9 Å². The summed E-state index contributed by atoms with van der Waals surface area (Å²) in [6.07, 6.45) is -4.82. The number of hydrogen-bond acceptors (Lipinski definition) is 4. The summed E-state index contributed by atoms with van der Waals surface area (Å²) in [5.74, 6) is -0.181. The van der Waals surface area contributed by atoms with E-state index in [1.807, 2.05) is 0 Å². The van der Waals surface area contributed by atoms with Crippen LogP contribution in [0.4, 0.5) is 13.2 Å². The average molecular weight is 367 g/mol. The van der Waals surface area contributed by atoms with E-state index in [1.165, 1.54) is 17.4 Å². The summed E-state index contributed by atoms with van der Waals surface area (Å²) in [6.45, 7) is 3.35. The molecule has 1 aromatic heterocycles. The standard InChI is InChI=1S/C12H10BrF3N2OS/c1-6(2)19-9-4-3-7(5-8(9)12(14,15)16)10-17-18-11(13)20-10/h3-6H,1-2H3. The summed E-state index contributed by atoms with van der Waals surface area (Å²) in [6, 6.07) is 3.89. The molecule has 0 N–H and O–H groups in total. The first-order valence-corrected chi connectivity index (χ1v) is 7.25. The molecule has 0 saturated heterocycles. The molecule has 0 bridgehead atoms. The summed E-state index contributed by atoms with van der Waals surface area (Å²) < 4.78 is 45.0. The van der Waals surface area contributed by atoms with Crippen molar-refractivity contribution in [3.8, 4) is 16.3 Å². The zero-order valence-corrected chi connectivity index (χ0v) is 12.9. The van der Waals surface area contributed by atoms with Crippen molar-refractivity contribution in [1.29, 1.82) is 0 Å². The fraction of sp³-hybridized carbons (Fsp3) is 0.333. The van der Waals surface area contributed by atoms with Crippen LogP contribution in [0.1, 0.15) is 19.4 Å². The van der Waals surface area contributed by atoms with Crippen molar-refractivity contribution in [1.82, 2.24) is 10.2 Å². The Morgan fingerprint density at radius 3 is 2.45 bits per heavy atom. The van der Waals surface area contributed by atoms with Gasteiger partial charge in [-0.3, -0.25) is 0 Å². The molecule has 0 radical (unpaired) electrons. The second-order valence-electron chi connectivity index (χ2n) is 4.24. The van der Waals surface area contributed by atoms with Crippen molar-refractivity contribution in [2.24, 2.45) is 0 Å². The molecule has 1 aromatic carbocycles. The fourth-order valence-electron chi connectivity index (χ4n) is 1.56. The molecule has 108 valence electrons. The molecular formula is C12H10BrF3N2OS. The monoisotopic (exact) mass is 366 g/mol. The lowest BCUT2D eigenvalue weighted by Gasteiger charge is -2.16. The van der Waals surface area contributed by atoms with E-state index >= 15 is 0 Å². The zero-order valence-electron chi connectivity index (χ0n) is 10.5. The molecule has 0 spiro atoms. The quantitative estimate of drug-likeness (QED) is 0.784. The number of halogens is 4. The minimum absolute atomic E-state index is 0.181. The van der Waals surface area contributed by atoms with Gasteiger partial charge in [-0.15, -0.1) is 10.2 Å². The Hall–Kier alpha value is -1.15. The predicted molar refractivity (Wildman–Crippen MR) is 73.8 cm³/mol. The van der Waals surface area contributed by atoms with Crippen molar-refractivity contribution in [2.75, 3.05) is 0 Å². The predicted octanol–water partition coefficient (Wildman–Crippen LogP) is 4.77. The maximum absolute atomic E-state index is 13.1. The third-order valence-electron chi connectivity index (χ3n) is 2.29. The van der Waals surface area contributed by atoms with Crippen molar-refractivity contribution in [2.45, 2.75) is 26.1 Å². The molecule has 0 aliphatic rings. The van der Waals surface area contributed by atoms with Crippen molar-refractivity contribution in [3.63, 3.8) is 0 Å². The fourth-order valence-corrected chi connectivity index (χ4v) is 2.67. The Bertz CT molecular complexity index is 613. The zero-order chi connectivity index (χ0) is 14.9. The van der Waals surface area contributed by atoms with Crippen LogP contribution >= 0.6 is 27.3 Å². The van der Waals surface area contributed by atoms with Crippen LogP contribution in [0.2, 0.25) is 0 Å². The van der Waals surface area contributed by atoms with E-state index in [2.05, 4.69) is 26.1 Å².